The minimum atomic E-state index is -0.264. The summed E-state index contributed by atoms with van der Waals surface area (Å²) in [5, 5.41) is 10.5. The van der Waals surface area contributed by atoms with E-state index in [1.807, 2.05) is 19.1 Å². The summed E-state index contributed by atoms with van der Waals surface area (Å²) in [5.41, 5.74) is 2.00. The summed E-state index contributed by atoms with van der Waals surface area (Å²) in [6, 6.07) is 5.72. The van der Waals surface area contributed by atoms with Crippen LogP contribution < -0.4 is 15.4 Å². The fourth-order valence-electron chi connectivity index (χ4n) is 4.31. The van der Waals surface area contributed by atoms with E-state index in [0.29, 0.717) is 24.3 Å². The predicted molar refractivity (Wildman–Crippen MR) is 109 cm³/mol. The first-order valence-corrected chi connectivity index (χ1v) is 10.4. The van der Waals surface area contributed by atoms with Crippen molar-refractivity contribution in [3.05, 3.63) is 35.7 Å². The number of urea groups is 1. The van der Waals surface area contributed by atoms with Gasteiger partial charge < -0.3 is 14.8 Å². The van der Waals surface area contributed by atoms with Crippen molar-refractivity contribution < 1.29 is 14.3 Å². The van der Waals surface area contributed by atoms with Gasteiger partial charge in [0.05, 0.1) is 19.2 Å². The van der Waals surface area contributed by atoms with Gasteiger partial charge in [-0.1, -0.05) is 19.3 Å². The topological polar surface area (TPSA) is 90.3 Å². The van der Waals surface area contributed by atoms with Crippen LogP contribution in [0.15, 0.2) is 24.4 Å². The van der Waals surface area contributed by atoms with Gasteiger partial charge in [-0.3, -0.25) is 10.00 Å². The molecule has 1 saturated carbocycles. The Bertz CT molecular complexity index is 829. The van der Waals surface area contributed by atoms with E-state index < -0.39 is 0 Å². The van der Waals surface area contributed by atoms with Crippen LogP contribution >= 0.6 is 0 Å². The molecule has 1 aliphatic heterocycles. The molecular formula is C21H29N5O3. The second kappa shape index (κ2) is 8.82. The first-order valence-electron chi connectivity index (χ1n) is 10.4. The molecule has 2 N–H and O–H groups in total. The van der Waals surface area contributed by atoms with Gasteiger partial charge in [-0.25, -0.2) is 9.78 Å². The van der Waals surface area contributed by atoms with Crippen molar-refractivity contribution in [3.8, 4) is 5.88 Å². The van der Waals surface area contributed by atoms with Crippen molar-refractivity contribution in [1.82, 2.24) is 20.1 Å². The minimum absolute atomic E-state index is 0.119. The monoisotopic (exact) mass is 399 g/mol. The zero-order valence-electron chi connectivity index (χ0n) is 17.1. The Hall–Kier alpha value is -2.61. The number of amides is 2. The van der Waals surface area contributed by atoms with Gasteiger partial charge in [0.25, 0.3) is 0 Å². The molecule has 0 spiro atoms. The van der Waals surface area contributed by atoms with Crippen LogP contribution in [-0.2, 0) is 4.74 Å². The molecule has 3 heterocycles. The number of carbonyl (C=O) groups excluding carboxylic acids is 1. The lowest BCUT2D eigenvalue weighted by Gasteiger charge is -2.23. The minimum Gasteiger partial charge on any atom is -0.481 e. The van der Waals surface area contributed by atoms with Crippen molar-refractivity contribution in [2.24, 2.45) is 0 Å². The number of hydrogen-bond acceptors (Lipinski definition) is 5. The smallest absolute Gasteiger partial charge is 0.320 e. The Kier molecular flexibility index (Phi) is 5.99. The van der Waals surface area contributed by atoms with Crippen molar-refractivity contribution in [2.75, 3.05) is 19.0 Å². The molecule has 0 radical (unpaired) electrons. The number of aromatic nitrogens is 3. The van der Waals surface area contributed by atoms with Gasteiger partial charge in [-0.2, -0.15) is 5.10 Å². The molecule has 2 atom stereocenters. The molecule has 4 rings (SSSR count). The average molecular weight is 399 g/mol. The van der Waals surface area contributed by atoms with Gasteiger partial charge in [0, 0.05) is 36.2 Å². The number of ether oxygens (including phenoxy) is 2. The molecule has 0 aromatic carbocycles. The van der Waals surface area contributed by atoms with E-state index in [-0.39, 0.29) is 18.2 Å². The van der Waals surface area contributed by atoms with Gasteiger partial charge in [0.1, 0.15) is 6.10 Å². The summed E-state index contributed by atoms with van der Waals surface area (Å²) in [4.78, 5) is 16.8. The number of carbonyl (C=O) groups is 1. The number of rotatable bonds is 5. The summed E-state index contributed by atoms with van der Waals surface area (Å²) in [5.74, 6) is 1.14. The van der Waals surface area contributed by atoms with Gasteiger partial charge in [-0.05, 0) is 32.3 Å². The number of methoxy groups -OCH3 is 1. The molecule has 156 valence electrons. The molecule has 1 aliphatic carbocycles. The molecular weight excluding hydrogens is 370 g/mol. The first kappa shape index (κ1) is 19.7. The zero-order chi connectivity index (χ0) is 20.2. The fraction of sp³-hybridized carbons (Fsp3) is 0.571. The van der Waals surface area contributed by atoms with E-state index in [4.69, 9.17) is 9.47 Å². The summed E-state index contributed by atoms with van der Waals surface area (Å²) < 4.78 is 13.0. The highest BCUT2D eigenvalue weighted by atomic mass is 16.5. The molecule has 1 saturated heterocycles. The Morgan fingerprint density at radius 3 is 2.79 bits per heavy atom. The highest BCUT2D eigenvalue weighted by Crippen LogP contribution is 2.31. The highest BCUT2D eigenvalue weighted by Gasteiger charge is 2.31. The van der Waals surface area contributed by atoms with Crippen molar-refractivity contribution in [1.29, 1.82) is 0 Å². The van der Waals surface area contributed by atoms with Gasteiger partial charge in [0.15, 0.2) is 5.82 Å². The van der Waals surface area contributed by atoms with Crippen LogP contribution in [0.4, 0.5) is 10.6 Å². The number of nitrogens with one attached hydrogen (secondary N) is 2. The zero-order valence-corrected chi connectivity index (χ0v) is 17.1. The third kappa shape index (κ3) is 4.53. The molecule has 0 unspecified atom stereocenters. The molecule has 2 aliphatic rings. The SMILES string of the molecule is COc1ccc([C@@H]2OCC[C@H]2NC(=O)Nc2cc(C)n(C3CCCCC3)n2)cn1. The van der Waals surface area contributed by atoms with Gasteiger partial charge in [-0.15, -0.1) is 0 Å². The van der Waals surface area contributed by atoms with Gasteiger partial charge >= 0.3 is 6.03 Å². The third-order valence-corrected chi connectivity index (χ3v) is 5.79. The van der Waals surface area contributed by atoms with E-state index in [1.54, 1.807) is 19.4 Å². The Labute approximate surface area is 171 Å². The molecule has 2 aromatic heterocycles. The van der Waals surface area contributed by atoms with E-state index >= 15 is 0 Å². The first-order chi connectivity index (χ1) is 14.1. The van der Waals surface area contributed by atoms with E-state index in [0.717, 1.165) is 30.5 Å². The summed E-state index contributed by atoms with van der Waals surface area (Å²) in [6.45, 7) is 2.64. The van der Waals surface area contributed by atoms with E-state index in [1.165, 1.54) is 19.3 Å². The quantitative estimate of drug-likeness (QED) is 0.799. The number of aryl methyl sites for hydroxylation is 1. The lowest BCUT2D eigenvalue weighted by molar-refractivity contribution is 0.100. The lowest BCUT2D eigenvalue weighted by atomic mass is 9.95. The highest BCUT2D eigenvalue weighted by molar-refractivity contribution is 5.88. The van der Waals surface area contributed by atoms with Crippen LogP contribution in [0.5, 0.6) is 5.88 Å². The molecule has 29 heavy (non-hydrogen) atoms. The molecule has 0 bridgehead atoms. The Morgan fingerprint density at radius 2 is 2.07 bits per heavy atom. The normalized spacial score (nSPS) is 22.4. The standard InChI is InChI=1S/C21H29N5O3/c1-14-12-18(25-26(14)16-6-4-3-5-7-16)24-21(27)23-17-10-11-29-20(17)15-8-9-19(28-2)22-13-15/h8-9,12-13,16-17,20H,3-7,10-11H2,1-2H3,(H2,23,24,25,27)/t17-,20+/m1/s1. The molecule has 2 amide bonds. The Morgan fingerprint density at radius 1 is 1.24 bits per heavy atom. The van der Waals surface area contributed by atoms with E-state index in [9.17, 15) is 4.79 Å². The van der Waals surface area contributed by atoms with Crippen LogP contribution in [0.2, 0.25) is 0 Å². The summed E-state index contributed by atoms with van der Waals surface area (Å²) in [6.07, 6.45) is 8.37. The number of pyridine rings is 1. The molecule has 8 heteroatoms. The molecule has 8 nitrogen and oxygen atoms in total. The number of nitrogens with zero attached hydrogens (tertiary/aromatic N) is 3. The second-order valence-corrected chi connectivity index (χ2v) is 7.83. The van der Waals surface area contributed by atoms with Gasteiger partial charge in [0.2, 0.25) is 5.88 Å². The number of hydrogen-bond donors (Lipinski definition) is 2. The molecule has 2 fully saturated rings. The van der Waals surface area contributed by atoms with Crippen LogP contribution in [0.3, 0.4) is 0 Å². The van der Waals surface area contributed by atoms with E-state index in [2.05, 4.69) is 25.4 Å². The van der Waals surface area contributed by atoms with Crippen LogP contribution in [0.25, 0.3) is 0 Å². The summed E-state index contributed by atoms with van der Waals surface area (Å²) >= 11 is 0. The van der Waals surface area contributed by atoms with Crippen molar-refractivity contribution in [2.45, 2.75) is 63.6 Å². The van der Waals surface area contributed by atoms with Crippen molar-refractivity contribution >= 4 is 11.8 Å². The largest absolute Gasteiger partial charge is 0.481 e. The lowest BCUT2D eigenvalue weighted by Crippen LogP contribution is -2.39. The van der Waals surface area contributed by atoms with Crippen molar-refractivity contribution in [3.63, 3.8) is 0 Å². The second-order valence-electron chi connectivity index (χ2n) is 7.83. The Balaban J connectivity index is 1.37. The third-order valence-electron chi connectivity index (χ3n) is 5.79. The predicted octanol–water partition coefficient (Wildman–Crippen LogP) is 3.75. The van der Waals surface area contributed by atoms with Crippen LogP contribution in [-0.4, -0.2) is 40.6 Å². The molecule has 2 aromatic rings. The maximum absolute atomic E-state index is 12.6. The maximum Gasteiger partial charge on any atom is 0.320 e. The summed E-state index contributed by atoms with van der Waals surface area (Å²) in [7, 11) is 1.58. The average Bonchev–Trinajstić information content (AvgIpc) is 3.35. The maximum atomic E-state index is 12.6. The van der Waals surface area contributed by atoms with Crippen LogP contribution in [0.1, 0.15) is 61.9 Å². The fourth-order valence-corrected chi connectivity index (χ4v) is 4.31. The number of anilines is 1. The van der Waals surface area contributed by atoms with Crippen LogP contribution in [0, 0.1) is 6.92 Å².